The Bertz CT molecular complexity index is 307. The fourth-order valence-electron chi connectivity index (χ4n) is 5.98. The van der Waals surface area contributed by atoms with E-state index in [1.807, 2.05) is 0 Å². The van der Waals surface area contributed by atoms with Gasteiger partial charge in [-0.15, -0.1) is 0 Å². The highest BCUT2D eigenvalue weighted by molar-refractivity contribution is 4.94. The Labute approximate surface area is 159 Å². The fourth-order valence-corrected chi connectivity index (χ4v) is 5.98. The van der Waals surface area contributed by atoms with Gasteiger partial charge in [0, 0.05) is 0 Å². The summed E-state index contributed by atoms with van der Waals surface area (Å²) in [5.41, 5.74) is 0.829. The Hall–Kier alpha value is 0. The van der Waals surface area contributed by atoms with Crippen molar-refractivity contribution in [1.82, 2.24) is 0 Å². The van der Waals surface area contributed by atoms with E-state index in [0.29, 0.717) is 0 Å². The number of rotatable bonds is 15. The molecular weight excluding hydrogens is 300 g/mol. The molecule has 0 aromatic heterocycles. The predicted molar refractivity (Wildman–Crippen MR) is 113 cm³/mol. The van der Waals surface area contributed by atoms with E-state index in [4.69, 9.17) is 0 Å². The van der Waals surface area contributed by atoms with E-state index in [1.165, 1.54) is 103 Å². The lowest BCUT2D eigenvalue weighted by atomic mass is 9.65. The normalized spacial score (nSPS) is 26.0. The summed E-state index contributed by atoms with van der Waals surface area (Å²) in [4.78, 5) is 0. The molecule has 0 amide bonds. The number of hydrogen-bond donors (Lipinski definition) is 0. The molecule has 2 saturated carbocycles. The van der Waals surface area contributed by atoms with Crippen molar-refractivity contribution >= 4 is 0 Å². The van der Waals surface area contributed by atoms with Gasteiger partial charge in [0.05, 0.1) is 0 Å². The van der Waals surface area contributed by atoms with Crippen LogP contribution in [0.15, 0.2) is 0 Å². The van der Waals surface area contributed by atoms with Gasteiger partial charge in [0.1, 0.15) is 0 Å². The second-order valence-electron chi connectivity index (χ2n) is 9.54. The summed E-state index contributed by atoms with van der Waals surface area (Å²) in [6.07, 6.45) is 33.3. The lowest BCUT2D eigenvalue weighted by Crippen LogP contribution is -2.29. The molecule has 2 aliphatic rings. The van der Waals surface area contributed by atoms with Gasteiger partial charge in [0.2, 0.25) is 0 Å². The quantitative estimate of drug-likeness (QED) is 0.259. The van der Waals surface area contributed by atoms with Gasteiger partial charge in [0.25, 0.3) is 0 Å². The summed E-state index contributed by atoms with van der Waals surface area (Å²) in [5, 5.41) is 0. The van der Waals surface area contributed by atoms with Crippen molar-refractivity contribution in [2.24, 2.45) is 11.3 Å². The lowest BCUT2D eigenvalue weighted by Gasteiger charge is -2.40. The Morgan fingerprint density at radius 2 is 1.04 bits per heavy atom. The molecule has 0 heterocycles. The van der Waals surface area contributed by atoms with Crippen LogP contribution in [0.25, 0.3) is 0 Å². The fraction of sp³-hybridized carbons (Fsp3) is 1.00. The van der Waals surface area contributed by atoms with Gasteiger partial charge >= 0.3 is 0 Å². The second-order valence-corrected chi connectivity index (χ2v) is 9.54. The van der Waals surface area contributed by atoms with Crippen molar-refractivity contribution < 1.29 is 0 Å². The van der Waals surface area contributed by atoms with Crippen LogP contribution in [0.1, 0.15) is 148 Å². The van der Waals surface area contributed by atoms with Gasteiger partial charge in [-0.3, -0.25) is 0 Å². The first-order valence-corrected chi connectivity index (χ1v) is 12.4. The summed E-state index contributed by atoms with van der Waals surface area (Å²) in [6.45, 7) is 2.31. The first kappa shape index (κ1) is 21.3. The standard InChI is InChI=1S/C25H48/c1-2-3-4-5-6-7-8-9-10-11-12-13-14-16-21-25-22-17-15-19-24(25)20-18-23-25/h24H,2-23H2,1H3. The molecule has 0 aromatic rings. The van der Waals surface area contributed by atoms with Crippen LogP contribution in [0.4, 0.5) is 0 Å². The van der Waals surface area contributed by atoms with Gasteiger partial charge in [-0.2, -0.15) is 0 Å². The summed E-state index contributed by atoms with van der Waals surface area (Å²) < 4.78 is 0. The van der Waals surface area contributed by atoms with E-state index in [1.54, 1.807) is 38.5 Å². The van der Waals surface area contributed by atoms with Crippen LogP contribution in [0.3, 0.4) is 0 Å². The first-order chi connectivity index (χ1) is 12.4. The smallest absolute Gasteiger partial charge is 0.0269 e. The van der Waals surface area contributed by atoms with E-state index in [2.05, 4.69) is 6.92 Å². The maximum Gasteiger partial charge on any atom is -0.0269 e. The SMILES string of the molecule is CCCCCCCCCCCCCCCCC12CCCCC1CCC2. The molecule has 2 fully saturated rings. The van der Waals surface area contributed by atoms with Crippen molar-refractivity contribution in [2.45, 2.75) is 148 Å². The largest absolute Gasteiger partial charge is 0.0654 e. The van der Waals surface area contributed by atoms with E-state index in [0.717, 1.165) is 11.3 Å². The Morgan fingerprint density at radius 1 is 0.560 bits per heavy atom. The molecule has 0 aromatic carbocycles. The van der Waals surface area contributed by atoms with Gasteiger partial charge in [-0.25, -0.2) is 0 Å². The molecule has 0 N–H and O–H groups in total. The molecule has 0 aliphatic heterocycles. The van der Waals surface area contributed by atoms with Crippen LogP contribution < -0.4 is 0 Å². The van der Waals surface area contributed by atoms with Crippen LogP contribution in [0.2, 0.25) is 0 Å². The number of hydrogen-bond acceptors (Lipinski definition) is 0. The molecule has 0 radical (unpaired) electrons. The number of fused-ring (bicyclic) bond motifs is 1. The van der Waals surface area contributed by atoms with Crippen molar-refractivity contribution in [1.29, 1.82) is 0 Å². The zero-order valence-electron chi connectivity index (χ0n) is 17.6. The monoisotopic (exact) mass is 348 g/mol. The van der Waals surface area contributed by atoms with Gasteiger partial charge in [-0.1, -0.05) is 116 Å². The molecular formula is C25H48. The van der Waals surface area contributed by atoms with Crippen LogP contribution >= 0.6 is 0 Å². The highest BCUT2D eigenvalue weighted by Gasteiger charge is 2.42. The number of unbranched alkanes of at least 4 members (excludes halogenated alkanes) is 13. The summed E-state index contributed by atoms with van der Waals surface area (Å²) in [7, 11) is 0. The third-order valence-corrected chi connectivity index (χ3v) is 7.60. The van der Waals surface area contributed by atoms with E-state index < -0.39 is 0 Å². The first-order valence-electron chi connectivity index (χ1n) is 12.4. The summed E-state index contributed by atoms with van der Waals surface area (Å²) >= 11 is 0. The topological polar surface area (TPSA) is 0 Å². The maximum atomic E-state index is 2.31. The molecule has 2 rings (SSSR count). The van der Waals surface area contributed by atoms with E-state index >= 15 is 0 Å². The van der Waals surface area contributed by atoms with Crippen molar-refractivity contribution in [3.8, 4) is 0 Å². The highest BCUT2D eigenvalue weighted by atomic mass is 14.5. The minimum Gasteiger partial charge on any atom is -0.0654 e. The van der Waals surface area contributed by atoms with Crippen LogP contribution in [0.5, 0.6) is 0 Å². The van der Waals surface area contributed by atoms with E-state index in [-0.39, 0.29) is 0 Å². The molecule has 0 spiro atoms. The second kappa shape index (κ2) is 13.2. The van der Waals surface area contributed by atoms with Crippen molar-refractivity contribution in [3.05, 3.63) is 0 Å². The molecule has 25 heavy (non-hydrogen) atoms. The van der Waals surface area contributed by atoms with E-state index in [9.17, 15) is 0 Å². The highest BCUT2D eigenvalue weighted by Crippen LogP contribution is 2.55. The zero-order chi connectivity index (χ0) is 17.6. The maximum absolute atomic E-state index is 2.31. The minimum atomic E-state index is 0.829. The van der Waals surface area contributed by atoms with Crippen LogP contribution in [-0.4, -0.2) is 0 Å². The molecule has 0 saturated heterocycles. The van der Waals surface area contributed by atoms with Crippen LogP contribution in [-0.2, 0) is 0 Å². The summed E-state index contributed by atoms with van der Waals surface area (Å²) in [6, 6.07) is 0. The van der Waals surface area contributed by atoms with Gasteiger partial charge in [0.15, 0.2) is 0 Å². The minimum absolute atomic E-state index is 0.829. The zero-order valence-corrected chi connectivity index (χ0v) is 17.6. The van der Waals surface area contributed by atoms with Gasteiger partial charge in [-0.05, 0) is 43.4 Å². The molecule has 2 aliphatic carbocycles. The average Bonchev–Trinajstić information content (AvgIpc) is 3.06. The third kappa shape index (κ3) is 8.04. The lowest BCUT2D eigenvalue weighted by molar-refractivity contribution is 0.112. The molecule has 148 valence electrons. The molecule has 0 heteroatoms. The predicted octanol–water partition coefficient (Wildman–Crippen LogP) is 9.22. The Morgan fingerprint density at radius 3 is 1.64 bits per heavy atom. The van der Waals surface area contributed by atoms with Gasteiger partial charge < -0.3 is 0 Å². The Balaban J connectivity index is 1.34. The summed E-state index contributed by atoms with van der Waals surface area (Å²) in [5.74, 6) is 1.13. The molecule has 2 atom stereocenters. The third-order valence-electron chi connectivity index (χ3n) is 7.60. The molecule has 2 unspecified atom stereocenters. The van der Waals surface area contributed by atoms with Crippen molar-refractivity contribution in [3.63, 3.8) is 0 Å². The Kier molecular flexibility index (Phi) is 11.3. The molecule has 0 nitrogen and oxygen atoms in total. The molecule has 0 bridgehead atoms. The van der Waals surface area contributed by atoms with Crippen LogP contribution in [0, 0.1) is 11.3 Å². The average molecular weight is 349 g/mol. The van der Waals surface area contributed by atoms with Crippen molar-refractivity contribution in [2.75, 3.05) is 0 Å².